The molecular weight excluding hydrogens is 318 g/mol. The molecule has 0 radical (unpaired) electrons. The molecule has 1 aliphatic carbocycles. The van der Waals surface area contributed by atoms with Crippen molar-refractivity contribution < 1.29 is 14.3 Å². The monoisotopic (exact) mass is 343 g/mol. The third-order valence-corrected chi connectivity index (χ3v) is 5.44. The van der Waals surface area contributed by atoms with Crippen LogP contribution in [-0.2, 0) is 6.54 Å². The molecule has 1 aromatic carbocycles. The van der Waals surface area contributed by atoms with E-state index in [1.54, 1.807) is 13.2 Å². The second kappa shape index (κ2) is 7.04. The molecule has 2 aromatic rings. The SMILES string of the molecule is COc1ccc(CN2CCCC[C@@H]2c2nnc(C3CCC3)o2)cc1O. The Morgan fingerprint density at radius 1 is 1.16 bits per heavy atom. The predicted octanol–water partition coefficient (Wildman–Crippen LogP) is 3.78. The number of hydrogen-bond acceptors (Lipinski definition) is 6. The van der Waals surface area contributed by atoms with E-state index in [-0.39, 0.29) is 11.8 Å². The van der Waals surface area contributed by atoms with E-state index < -0.39 is 0 Å². The first-order chi connectivity index (χ1) is 12.2. The van der Waals surface area contributed by atoms with Crippen LogP contribution in [0.15, 0.2) is 22.6 Å². The number of benzene rings is 1. The number of piperidine rings is 1. The van der Waals surface area contributed by atoms with E-state index in [0.717, 1.165) is 36.9 Å². The molecule has 1 saturated heterocycles. The number of aromatic nitrogens is 2. The summed E-state index contributed by atoms with van der Waals surface area (Å²) in [6.45, 7) is 1.75. The van der Waals surface area contributed by atoms with Crippen LogP contribution in [-0.4, -0.2) is 33.9 Å². The summed E-state index contributed by atoms with van der Waals surface area (Å²) in [6.07, 6.45) is 6.98. The molecule has 1 atom stereocenters. The summed E-state index contributed by atoms with van der Waals surface area (Å²) in [5, 5.41) is 18.7. The molecule has 2 heterocycles. The van der Waals surface area contributed by atoms with E-state index in [1.165, 1.54) is 32.1 Å². The van der Waals surface area contributed by atoms with Gasteiger partial charge in [0.1, 0.15) is 0 Å². The lowest BCUT2D eigenvalue weighted by Crippen LogP contribution is -2.33. The summed E-state index contributed by atoms with van der Waals surface area (Å²) in [7, 11) is 1.56. The summed E-state index contributed by atoms with van der Waals surface area (Å²) in [5.74, 6) is 2.71. The third kappa shape index (κ3) is 3.35. The number of hydrogen-bond donors (Lipinski definition) is 1. The molecule has 1 saturated carbocycles. The third-order valence-electron chi connectivity index (χ3n) is 5.44. The molecule has 25 heavy (non-hydrogen) atoms. The summed E-state index contributed by atoms with van der Waals surface area (Å²) in [5.41, 5.74) is 1.06. The smallest absolute Gasteiger partial charge is 0.233 e. The van der Waals surface area contributed by atoms with Gasteiger partial charge in [-0.1, -0.05) is 18.9 Å². The molecule has 1 aromatic heterocycles. The van der Waals surface area contributed by atoms with Crippen molar-refractivity contribution >= 4 is 0 Å². The van der Waals surface area contributed by atoms with Crippen molar-refractivity contribution in [1.82, 2.24) is 15.1 Å². The van der Waals surface area contributed by atoms with Gasteiger partial charge in [0.05, 0.1) is 13.2 Å². The Labute approximate surface area is 147 Å². The van der Waals surface area contributed by atoms with Gasteiger partial charge in [0.25, 0.3) is 0 Å². The number of likely N-dealkylation sites (tertiary alicyclic amines) is 1. The van der Waals surface area contributed by atoms with Crippen molar-refractivity contribution in [3.8, 4) is 11.5 Å². The largest absolute Gasteiger partial charge is 0.504 e. The molecule has 0 spiro atoms. The highest BCUT2D eigenvalue weighted by atomic mass is 16.5. The van der Waals surface area contributed by atoms with Crippen LogP contribution in [0.3, 0.4) is 0 Å². The number of rotatable bonds is 5. The quantitative estimate of drug-likeness (QED) is 0.891. The molecular formula is C19H25N3O3. The van der Waals surface area contributed by atoms with Crippen LogP contribution in [0.4, 0.5) is 0 Å². The Bertz CT molecular complexity index is 726. The molecule has 6 heteroatoms. The van der Waals surface area contributed by atoms with Crippen molar-refractivity contribution in [2.24, 2.45) is 0 Å². The van der Waals surface area contributed by atoms with Crippen LogP contribution in [0.1, 0.15) is 67.8 Å². The maximum atomic E-state index is 10.0. The number of phenolic OH excluding ortho intramolecular Hbond substituents is 1. The van der Waals surface area contributed by atoms with E-state index in [9.17, 15) is 5.11 Å². The molecule has 1 N–H and O–H groups in total. The second-order valence-corrected chi connectivity index (χ2v) is 7.09. The molecule has 134 valence electrons. The Balaban J connectivity index is 1.50. The van der Waals surface area contributed by atoms with Gasteiger partial charge in [0.2, 0.25) is 11.8 Å². The molecule has 2 aliphatic rings. The minimum atomic E-state index is 0.166. The van der Waals surface area contributed by atoms with E-state index in [1.807, 2.05) is 12.1 Å². The highest BCUT2D eigenvalue weighted by Gasteiger charge is 2.31. The van der Waals surface area contributed by atoms with Gasteiger partial charge in [-0.2, -0.15) is 0 Å². The highest BCUT2D eigenvalue weighted by Crippen LogP contribution is 2.38. The molecule has 0 unspecified atom stereocenters. The standard InChI is InChI=1S/C19H25N3O3/c1-24-17-9-8-13(11-16(17)23)12-22-10-3-2-7-15(22)19-21-20-18(25-19)14-5-4-6-14/h8-9,11,14-15,23H,2-7,10,12H2,1H3/t15-/m1/s1. The average Bonchev–Trinajstić information content (AvgIpc) is 3.03. The minimum absolute atomic E-state index is 0.166. The summed E-state index contributed by atoms with van der Waals surface area (Å²) < 4.78 is 11.1. The van der Waals surface area contributed by atoms with Crippen molar-refractivity contribution in [2.75, 3.05) is 13.7 Å². The number of aromatic hydroxyl groups is 1. The van der Waals surface area contributed by atoms with Crippen LogP contribution in [0, 0.1) is 0 Å². The van der Waals surface area contributed by atoms with Crippen LogP contribution >= 0.6 is 0 Å². The maximum absolute atomic E-state index is 10.0. The van der Waals surface area contributed by atoms with Gasteiger partial charge < -0.3 is 14.3 Å². The van der Waals surface area contributed by atoms with Gasteiger partial charge in [-0.15, -0.1) is 10.2 Å². The molecule has 1 aliphatic heterocycles. The van der Waals surface area contributed by atoms with Gasteiger partial charge >= 0.3 is 0 Å². The first kappa shape index (κ1) is 16.4. The van der Waals surface area contributed by atoms with Gasteiger partial charge in [0.15, 0.2) is 11.5 Å². The molecule has 0 amide bonds. The maximum Gasteiger partial charge on any atom is 0.233 e. The average molecular weight is 343 g/mol. The fourth-order valence-electron chi connectivity index (χ4n) is 3.73. The Morgan fingerprint density at radius 3 is 2.72 bits per heavy atom. The minimum Gasteiger partial charge on any atom is -0.504 e. The number of nitrogens with zero attached hydrogens (tertiary/aromatic N) is 3. The molecule has 4 rings (SSSR count). The molecule has 6 nitrogen and oxygen atoms in total. The molecule has 0 bridgehead atoms. The first-order valence-corrected chi connectivity index (χ1v) is 9.18. The Kier molecular flexibility index (Phi) is 4.61. The Hall–Kier alpha value is -2.08. The van der Waals surface area contributed by atoms with Gasteiger partial charge in [-0.3, -0.25) is 4.90 Å². The van der Waals surface area contributed by atoms with Crippen molar-refractivity contribution in [1.29, 1.82) is 0 Å². The van der Waals surface area contributed by atoms with Crippen LogP contribution < -0.4 is 4.74 Å². The van der Waals surface area contributed by atoms with Crippen molar-refractivity contribution in [3.05, 3.63) is 35.5 Å². The molecule has 2 fully saturated rings. The lowest BCUT2D eigenvalue weighted by atomic mass is 9.85. The van der Waals surface area contributed by atoms with E-state index in [4.69, 9.17) is 9.15 Å². The fraction of sp³-hybridized carbons (Fsp3) is 0.579. The van der Waals surface area contributed by atoms with Crippen LogP contribution in [0.5, 0.6) is 11.5 Å². The van der Waals surface area contributed by atoms with Crippen LogP contribution in [0.25, 0.3) is 0 Å². The summed E-state index contributed by atoms with van der Waals surface area (Å²) in [4.78, 5) is 2.38. The number of phenols is 1. The van der Waals surface area contributed by atoms with Gasteiger partial charge in [-0.05, 0) is 49.9 Å². The van der Waals surface area contributed by atoms with E-state index >= 15 is 0 Å². The zero-order valence-electron chi connectivity index (χ0n) is 14.6. The van der Waals surface area contributed by atoms with Gasteiger partial charge in [0, 0.05) is 12.5 Å². The topological polar surface area (TPSA) is 71.6 Å². The Morgan fingerprint density at radius 2 is 2.00 bits per heavy atom. The van der Waals surface area contributed by atoms with Gasteiger partial charge in [-0.25, -0.2) is 0 Å². The zero-order chi connectivity index (χ0) is 17.2. The van der Waals surface area contributed by atoms with E-state index in [0.29, 0.717) is 11.7 Å². The highest BCUT2D eigenvalue weighted by molar-refractivity contribution is 5.41. The lowest BCUT2D eigenvalue weighted by Gasteiger charge is -2.33. The zero-order valence-corrected chi connectivity index (χ0v) is 14.6. The fourth-order valence-corrected chi connectivity index (χ4v) is 3.73. The van der Waals surface area contributed by atoms with Crippen molar-refractivity contribution in [2.45, 2.75) is 57.0 Å². The second-order valence-electron chi connectivity index (χ2n) is 7.09. The first-order valence-electron chi connectivity index (χ1n) is 9.18. The van der Waals surface area contributed by atoms with Crippen LogP contribution in [0.2, 0.25) is 0 Å². The number of ether oxygens (including phenoxy) is 1. The number of methoxy groups -OCH3 is 1. The van der Waals surface area contributed by atoms with E-state index in [2.05, 4.69) is 15.1 Å². The summed E-state index contributed by atoms with van der Waals surface area (Å²) in [6, 6.07) is 5.75. The normalized spacial score (nSPS) is 21.9. The van der Waals surface area contributed by atoms with Crippen molar-refractivity contribution in [3.63, 3.8) is 0 Å². The summed E-state index contributed by atoms with van der Waals surface area (Å²) >= 11 is 0. The predicted molar refractivity (Wildman–Crippen MR) is 92.6 cm³/mol. The lowest BCUT2D eigenvalue weighted by molar-refractivity contribution is 0.115.